The third-order valence-electron chi connectivity index (χ3n) is 3.15. The molecule has 1 amide bonds. The number of hydrogen-bond donors (Lipinski definition) is 0. The molecule has 0 N–H and O–H groups in total. The lowest BCUT2D eigenvalue weighted by molar-refractivity contribution is -0.129. The molecule has 0 bridgehead atoms. The molecule has 2 rings (SSSR count). The molecule has 0 fully saturated rings. The van der Waals surface area contributed by atoms with Crippen LogP contribution in [0.3, 0.4) is 0 Å². The molecule has 2 aromatic rings. The van der Waals surface area contributed by atoms with Gasteiger partial charge in [0.05, 0.1) is 6.54 Å². The van der Waals surface area contributed by atoms with Gasteiger partial charge in [-0.15, -0.1) is 0 Å². The molecule has 0 unspecified atom stereocenters. The Morgan fingerprint density at radius 2 is 1.95 bits per heavy atom. The fourth-order valence-corrected chi connectivity index (χ4v) is 2.29. The van der Waals surface area contributed by atoms with Crippen LogP contribution in [-0.2, 0) is 4.79 Å². The topological polar surface area (TPSA) is 29.5 Å². The summed E-state index contributed by atoms with van der Waals surface area (Å²) in [6, 6.07) is 14.2. The van der Waals surface area contributed by atoms with E-state index < -0.39 is 0 Å². The second kappa shape index (κ2) is 7.29. The minimum absolute atomic E-state index is 0.129. The Kier molecular flexibility index (Phi) is 5.41. The quantitative estimate of drug-likeness (QED) is 0.756. The molecule has 0 saturated carbocycles. The fourth-order valence-electron chi connectivity index (χ4n) is 1.95. The lowest BCUT2D eigenvalue weighted by atomic mass is 10.1. The molecule has 0 saturated heterocycles. The first kappa shape index (κ1) is 14.9. The molecule has 0 radical (unpaired) electrons. The highest BCUT2D eigenvalue weighted by molar-refractivity contribution is 9.09. The fraction of sp³-hybridized carbons (Fsp3) is 0.312. The minimum Gasteiger partial charge on any atom is -0.492 e. The molecule has 0 spiro atoms. The van der Waals surface area contributed by atoms with E-state index in [1.165, 1.54) is 5.39 Å². The zero-order chi connectivity index (χ0) is 14.4. The van der Waals surface area contributed by atoms with E-state index in [9.17, 15) is 4.79 Å². The summed E-state index contributed by atoms with van der Waals surface area (Å²) in [5.41, 5.74) is 0. The predicted molar refractivity (Wildman–Crippen MR) is 85.5 cm³/mol. The van der Waals surface area contributed by atoms with Crippen molar-refractivity contribution in [2.24, 2.45) is 0 Å². The van der Waals surface area contributed by atoms with E-state index in [1.807, 2.05) is 30.3 Å². The molecule has 4 heteroatoms. The number of fused-ring (bicyclic) bond motifs is 1. The monoisotopic (exact) mass is 335 g/mol. The van der Waals surface area contributed by atoms with Crippen LogP contribution in [0, 0.1) is 0 Å². The van der Waals surface area contributed by atoms with E-state index in [1.54, 1.807) is 11.9 Å². The van der Waals surface area contributed by atoms with Gasteiger partial charge in [-0.25, -0.2) is 0 Å². The summed E-state index contributed by atoms with van der Waals surface area (Å²) in [6.45, 7) is 1.10. The lowest BCUT2D eigenvalue weighted by Gasteiger charge is -2.17. The minimum atomic E-state index is 0.129. The zero-order valence-electron chi connectivity index (χ0n) is 11.5. The number of alkyl halides is 1. The number of hydrogen-bond acceptors (Lipinski definition) is 2. The van der Waals surface area contributed by atoms with E-state index >= 15 is 0 Å². The molecule has 0 aliphatic carbocycles. The number of ether oxygens (including phenoxy) is 1. The van der Waals surface area contributed by atoms with E-state index in [-0.39, 0.29) is 5.91 Å². The van der Waals surface area contributed by atoms with Crippen molar-refractivity contribution in [1.82, 2.24) is 4.90 Å². The third-order valence-corrected chi connectivity index (χ3v) is 3.55. The van der Waals surface area contributed by atoms with Crippen LogP contribution < -0.4 is 4.74 Å². The second-order valence-electron chi connectivity index (χ2n) is 4.61. The van der Waals surface area contributed by atoms with Gasteiger partial charge in [0.15, 0.2) is 0 Å². The van der Waals surface area contributed by atoms with Gasteiger partial charge < -0.3 is 9.64 Å². The summed E-state index contributed by atoms with van der Waals surface area (Å²) in [5.74, 6) is 0.967. The molecule has 0 heterocycles. The molecule has 0 atom stereocenters. The molecular formula is C16H18BrNO2. The van der Waals surface area contributed by atoms with Crippen LogP contribution in [0.25, 0.3) is 10.8 Å². The standard InChI is InChI=1S/C16H18BrNO2/c1-18(16(19)8-9-17)10-11-20-15-7-6-13-4-2-3-5-14(13)12-15/h2-7,12H,8-11H2,1H3. The molecule has 2 aromatic carbocycles. The Labute approximate surface area is 127 Å². The summed E-state index contributed by atoms with van der Waals surface area (Å²) in [7, 11) is 1.80. The van der Waals surface area contributed by atoms with E-state index in [0.717, 1.165) is 11.1 Å². The van der Waals surface area contributed by atoms with Crippen LogP contribution >= 0.6 is 15.9 Å². The van der Waals surface area contributed by atoms with Gasteiger partial charge >= 0.3 is 0 Å². The van der Waals surface area contributed by atoms with Crippen LogP contribution in [0.1, 0.15) is 6.42 Å². The van der Waals surface area contributed by atoms with Crippen molar-refractivity contribution in [3.63, 3.8) is 0 Å². The number of rotatable bonds is 6. The number of carbonyl (C=O) groups is 1. The Bertz CT molecular complexity index is 585. The van der Waals surface area contributed by atoms with E-state index in [0.29, 0.717) is 24.9 Å². The summed E-state index contributed by atoms with van der Waals surface area (Å²) in [4.78, 5) is 13.3. The largest absolute Gasteiger partial charge is 0.492 e. The number of nitrogens with zero attached hydrogens (tertiary/aromatic N) is 1. The molecule has 3 nitrogen and oxygen atoms in total. The first-order chi connectivity index (χ1) is 9.70. The van der Waals surface area contributed by atoms with Crippen LogP contribution in [-0.4, -0.2) is 36.3 Å². The van der Waals surface area contributed by atoms with Gasteiger partial charge in [-0.2, -0.15) is 0 Å². The highest BCUT2D eigenvalue weighted by atomic mass is 79.9. The molecule has 0 aliphatic heterocycles. The van der Waals surface area contributed by atoms with Gasteiger partial charge in [-0.05, 0) is 22.9 Å². The first-order valence-corrected chi connectivity index (χ1v) is 7.74. The van der Waals surface area contributed by atoms with Crippen molar-refractivity contribution in [3.8, 4) is 5.75 Å². The Balaban J connectivity index is 1.88. The highest BCUT2D eigenvalue weighted by Crippen LogP contribution is 2.20. The summed E-state index contributed by atoms with van der Waals surface area (Å²) in [5, 5.41) is 3.06. The maximum atomic E-state index is 11.6. The van der Waals surface area contributed by atoms with E-state index in [2.05, 4.69) is 28.1 Å². The molecule has 0 aromatic heterocycles. The Hall–Kier alpha value is -1.55. The van der Waals surface area contributed by atoms with Crippen molar-refractivity contribution in [3.05, 3.63) is 42.5 Å². The molecular weight excluding hydrogens is 318 g/mol. The number of carbonyl (C=O) groups excluding carboxylic acids is 1. The lowest BCUT2D eigenvalue weighted by Crippen LogP contribution is -2.30. The average Bonchev–Trinajstić information content (AvgIpc) is 2.47. The summed E-state index contributed by atoms with van der Waals surface area (Å²) >= 11 is 3.27. The highest BCUT2D eigenvalue weighted by Gasteiger charge is 2.07. The maximum absolute atomic E-state index is 11.6. The Morgan fingerprint density at radius 3 is 2.70 bits per heavy atom. The van der Waals surface area contributed by atoms with Crippen molar-refractivity contribution in [2.45, 2.75) is 6.42 Å². The number of halogens is 1. The molecule has 0 aliphatic rings. The smallest absolute Gasteiger partial charge is 0.223 e. The van der Waals surface area contributed by atoms with E-state index in [4.69, 9.17) is 4.74 Å². The number of amides is 1. The van der Waals surface area contributed by atoms with Crippen LogP contribution in [0.15, 0.2) is 42.5 Å². The van der Waals surface area contributed by atoms with Crippen molar-refractivity contribution in [2.75, 3.05) is 25.5 Å². The van der Waals surface area contributed by atoms with Gasteiger partial charge in [0.2, 0.25) is 5.91 Å². The molecule has 106 valence electrons. The number of benzene rings is 2. The zero-order valence-corrected chi connectivity index (χ0v) is 13.1. The van der Waals surface area contributed by atoms with Crippen molar-refractivity contribution in [1.29, 1.82) is 0 Å². The SMILES string of the molecule is CN(CCOc1ccc2ccccc2c1)C(=O)CCBr. The third kappa shape index (κ3) is 3.97. The van der Waals surface area contributed by atoms with Gasteiger partial charge in [-0.1, -0.05) is 46.3 Å². The number of likely N-dealkylation sites (N-methyl/N-ethyl adjacent to an activating group) is 1. The first-order valence-electron chi connectivity index (χ1n) is 6.62. The maximum Gasteiger partial charge on any atom is 0.223 e. The van der Waals surface area contributed by atoms with Crippen molar-refractivity contribution >= 4 is 32.6 Å². The van der Waals surface area contributed by atoms with Gasteiger partial charge in [0, 0.05) is 18.8 Å². The van der Waals surface area contributed by atoms with Gasteiger partial charge in [0.1, 0.15) is 12.4 Å². The Morgan fingerprint density at radius 1 is 1.20 bits per heavy atom. The van der Waals surface area contributed by atoms with Crippen LogP contribution in [0.5, 0.6) is 5.75 Å². The predicted octanol–water partition coefficient (Wildman–Crippen LogP) is 3.46. The summed E-state index contributed by atoms with van der Waals surface area (Å²) < 4.78 is 5.71. The average molecular weight is 336 g/mol. The van der Waals surface area contributed by atoms with Crippen LogP contribution in [0.2, 0.25) is 0 Å². The van der Waals surface area contributed by atoms with Crippen LogP contribution in [0.4, 0.5) is 0 Å². The van der Waals surface area contributed by atoms with Gasteiger partial charge in [0.25, 0.3) is 0 Å². The van der Waals surface area contributed by atoms with Gasteiger partial charge in [-0.3, -0.25) is 4.79 Å². The second-order valence-corrected chi connectivity index (χ2v) is 5.40. The summed E-state index contributed by atoms with van der Waals surface area (Å²) in [6.07, 6.45) is 0.520. The molecule has 20 heavy (non-hydrogen) atoms. The van der Waals surface area contributed by atoms with Crippen molar-refractivity contribution < 1.29 is 9.53 Å². The normalized spacial score (nSPS) is 10.5.